The van der Waals surface area contributed by atoms with Crippen LogP contribution < -0.4 is 5.32 Å². The first kappa shape index (κ1) is 20.2. The monoisotopic (exact) mass is 404 g/mol. The van der Waals surface area contributed by atoms with Gasteiger partial charge in [0.1, 0.15) is 0 Å². The maximum absolute atomic E-state index is 12.6. The van der Waals surface area contributed by atoms with E-state index in [4.69, 9.17) is 0 Å². The summed E-state index contributed by atoms with van der Waals surface area (Å²) >= 11 is 0. The second-order valence-corrected chi connectivity index (χ2v) is 7.70. The Bertz CT molecular complexity index is 921. The van der Waals surface area contributed by atoms with E-state index in [0.717, 1.165) is 19.5 Å². The van der Waals surface area contributed by atoms with Gasteiger partial charge < -0.3 is 5.32 Å². The number of aryl methyl sites for hydroxylation is 2. The molecule has 1 N–H and O–H groups in total. The molecule has 1 aromatic heterocycles. The van der Waals surface area contributed by atoms with Crippen molar-refractivity contribution in [3.05, 3.63) is 77.6 Å². The highest BCUT2D eigenvalue weighted by Gasteiger charge is 2.24. The highest BCUT2D eigenvalue weighted by Crippen LogP contribution is 2.24. The Balaban J connectivity index is 1.33. The fourth-order valence-electron chi connectivity index (χ4n) is 4.01. The van der Waals surface area contributed by atoms with Crippen LogP contribution in [0.25, 0.3) is 0 Å². The summed E-state index contributed by atoms with van der Waals surface area (Å²) in [6, 6.07) is 20.8. The van der Waals surface area contributed by atoms with Gasteiger partial charge in [-0.15, -0.1) is 5.10 Å². The van der Waals surface area contributed by atoms with E-state index in [-0.39, 0.29) is 18.4 Å². The molecule has 4 rings (SSSR count). The largest absolute Gasteiger partial charge is 0.354 e. The molecule has 1 amide bonds. The van der Waals surface area contributed by atoms with Gasteiger partial charge in [0.05, 0.1) is 12.5 Å². The topological polar surface area (TPSA) is 75.9 Å². The highest BCUT2D eigenvalue weighted by atomic mass is 16.1. The minimum atomic E-state index is -0.0501. The number of carbonyl (C=O) groups excluding carboxylic acids is 1. The molecule has 1 fully saturated rings. The molecule has 30 heavy (non-hydrogen) atoms. The van der Waals surface area contributed by atoms with E-state index in [1.165, 1.54) is 24.0 Å². The third-order valence-corrected chi connectivity index (χ3v) is 5.64. The molecule has 0 bridgehead atoms. The summed E-state index contributed by atoms with van der Waals surface area (Å²) in [5, 5.41) is 15.0. The molecule has 0 aliphatic carbocycles. The van der Waals surface area contributed by atoms with Crippen LogP contribution in [0.15, 0.2) is 60.7 Å². The molecule has 1 saturated heterocycles. The lowest BCUT2D eigenvalue weighted by Gasteiger charge is -2.28. The Morgan fingerprint density at radius 3 is 2.43 bits per heavy atom. The fraction of sp³-hybridized carbons (Fsp3) is 0.391. The van der Waals surface area contributed by atoms with Crippen LogP contribution in [0.4, 0.5) is 0 Å². The second-order valence-electron chi connectivity index (χ2n) is 7.70. The van der Waals surface area contributed by atoms with E-state index in [0.29, 0.717) is 18.9 Å². The molecule has 0 radical (unpaired) electrons. The molecule has 2 aromatic carbocycles. The Hall–Kier alpha value is -3.06. The van der Waals surface area contributed by atoms with E-state index in [9.17, 15) is 4.79 Å². The van der Waals surface area contributed by atoms with Crippen LogP contribution in [-0.2, 0) is 24.2 Å². The first-order valence-electron chi connectivity index (χ1n) is 10.6. The quantitative estimate of drug-likeness (QED) is 0.593. The SMILES string of the molecule is O=C(Cc1nnnn1CCc1ccccc1)NCC(c1ccccc1)N1CCCC1. The van der Waals surface area contributed by atoms with E-state index in [1.54, 1.807) is 4.68 Å². The number of hydrogen-bond acceptors (Lipinski definition) is 5. The molecule has 0 spiro atoms. The summed E-state index contributed by atoms with van der Waals surface area (Å²) in [5.74, 6) is 0.548. The Kier molecular flexibility index (Phi) is 6.82. The van der Waals surface area contributed by atoms with Gasteiger partial charge in [0.15, 0.2) is 5.82 Å². The van der Waals surface area contributed by atoms with Gasteiger partial charge in [0.25, 0.3) is 0 Å². The van der Waals surface area contributed by atoms with Gasteiger partial charge in [0.2, 0.25) is 5.91 Å². The molecular formula is C23H28N6O. The predicted octanol–water partition coefficient (Wildman–Crippen LogP) is 2.41. The number of likely N-dealkylation sites (tertiary alicyclic amines) is 1. The standard InChI is InChI=1S/C23H28N6O/c30-23(17-22-25-26-27-29(22)16-13-19-9-3-1-4-10-19)24-18-21(28-14-7-8-15-28)20-11-5-2-6-12-20/h1-6,9-12,21H,7-8,13-18H2,(H,24,30). The number of amides is 1. The molecular weight excluding hydrogens is 376 g/mol. The van der Waals surface area contributed by atoms with Crippen molar-refractivity contribution in [3.63, 3.8) is 0 Å². The summed E-state index contributed by atoms with van der Waals surface area (Å²) < 4.78 is 1.72. The molecule has 1 atom stereocenters. The van der Waals surface area contributed by atoms with E-state index in [1.807, 2.05) is 24.3 Å². The van der Waals surface area contributed by atoms with Crippen LogP contribution in [0.2, 0.25) is 0 Å². The molecule has 2 heterocycles. The first-order chi connectivity index (χ1) is 14.8. The van der Waals surface area contributed by atoms with Gasteiger partial charge in [-0.1, -0.05) is 60.7 Å². The van der Waals surface area contributed by atoms with Crippen LogP contribution in [0.3, 0.4) is 0 Å². The molecule has 1 aliphatic heterocycles. The van der Waals surface area contributed by atoms with Crippen molar-refractivity contribution in [1.29, 1.82) is 0 Å². The maximum Gasteiger partial charge on any atom is 0.227 e. The van der Waals surface area contributed by atoms with E-state index < -0.39 is 0 Å². The normalized spacial score (nSPS) is 15.2. The van der Waals surface area contributed by atoms with Crippen molar-refractivity contribution < 1.29 is 4.79 Å². The van der Waals surface area contributed by atoms with Crippen molar-refractivity contribution in [3.8, 4) is 0 Å². The third-order valence-electron chi connectivity index (χ3n) is 5.64. The molecule has 1 unspecified atom stereocenters. The van der Waals surface area contributed by atoms with Gasteiger partial charge in [-0.2, -0.15) is 0 Å². The van der Waals surface area contributed by atoms with Crippen molar-refractivity contribution in [2.45, 2.75) is 38.3 Å². The van der Waals surface area contributed by atoms with Crippen molar-refractivity contribution in [2.75, 3.05) is 19.6 Å². The van der Waals surface area contributed by atoms with E-state index in [2.05, 4.69) is 62.1 Å². The lowest BCUT2D eigenvalue weighted by molar-refractivity contribution is -0.120. The molecule has 1 aliphatic rings. The zero-order valence-corrected chi connectivity index (χ0v) is 17.2. The lowest BCUT2D eigenvalue weighted by Crippen LogP contribution is -2.37. The molecule has 7 nitrogen and oxygen atoms in total. The summed E-state index contributed by atoms with van der Waals surface area (Å²) in [4.78, 5) is 15.1. The first-order valence-corrected chi connectivity index (χ1v) is 10.6. The van der Waals surface area contributed by atoms with Crippen LogP contribution >= 0.6 is 0 Å². The fourth-order valence-corrected chi connectivity index (χ4v) is 4.01. The minimum absolute atomic E-state index is 0.0501. The average molecular weight is 405 g/mol. The van der Waals surface area contributed by atoms with Crippen LogP contribution in [-0.4, -0.2) is 50.6 Å². The molecule has 0 saturated carbocycles. The Labute approximate surface area is 177 Å². The van der Waals surface area contributed by atoms with Crippen LogP contribution in [0, 0.1) is 0 Å². The molecule has 156 valence electrons. The number of hydrogen-bond donors (Lipinski definition) is 1. The highest BCUT2D eigenvalue weighted by molar-refractivity contribution is 5.77. The van der Waals surface area contributed by atoms with Gasteiger partial charge in [-0.3, -0.25) is 9.69 Å². The van der Waals surface area contributed by atoms with Gasteiger partial charge in [-0.05, 0) is 53.9 Å². The van der Waals surface area contributed by atoms with E-state index >= 15 is 0 Å². The Morgan fingerprint density at radius 2 is 1.70 bits per heavy atom. The summed E-state index contributed by atoms with van der Waals surface area (Å²) in [6.45, 7) is 3.40. The second kappa shape index (κ2) is 10.1. The maximum atomic E-state index is 12.6. The van der Waals surface area contributed by atoms with Crippen LogP contribution in [0.1, 0.15) is 35.8 Å². The number of nitrogens with zero attached hydrogens (tertiary/aromatic N) is 5. The summed E-state index contributed by atoms with van der Waals surface area (Å²) in [6.07, 6.45) is 3.44. The zero-order chi connectivity index (χ0) is 20.6. The molecule has 7 heteroatoms. The summed E-state index contributed by atoms with van der Waals surface area (Å²) in [7, 11) is 0. The number of aromatic nitrogens is 4. The zero-order valence-electron chi connectivity index (χ0n) is 17.2. The smallest absolute Gasteiger partial charge is 0.227 e. The molecule has 3 aromatic rings. The van der Waals surface area contributed by atoms with Gasteiger partial charge in [-0.25, -0.2) is 4.68 Å². The summed E-state index contributed by atoms with van der Waals surface area (Å²) in [5.41, 5.74) is 2.46. The number of rotatable bonds is 9. The van der Waals surface area contributed by atoms with Crippen LogP contribution in [0.5, 0.6) is 0 Å². The lowest BCUT2D eigenvalue weighted by atomic mass is 10.1. The number of tetrazole rings is 1. The predicted molar refractivity (Wildman–Crippen MR) is 115 cm³/mol. The van der Waals surface area contributed by atoms with Gasteiger partial charge in [0, 0.05) is 13.1 Å². The number of benzene rings is 2. The number of carbonyl (C=O) groups is 1. The van der Waals surface area contributed by atoms with Crippen molar-refractivity contribution in [2.24, 2.45) is 0 Å². The third kappa shape index (κ3) is 5.30. The van der Waals surface area contributed by atoms with Crippen molar-refractivity contribution >= 4 is 5.91 Å². The minimum Gasteiger partial charge on any atom is -0.354 e. The number of nitrogens with one attached hydrogen (secondary N) is 1. The van der Waals surface area contributed by atoms with Gasteiger partial charge >= 0.3 is 0 Å². The van der Waals surface area contributed by atoms with Crippen molar-refractivity contribution in [1.82, 2.24) is 30.4 Å². The average Bonchev–Trinajstić information content (AvgIpc) is 3.46. The Morgan fingerprint density at radius 1 is 1.00 bits per heavy atom.